The molecule has 2 heterocycles. The Balaban J connectivity index is 1.92. The van der Waals surface area contributed by atoms with Gasteiger partial charge in [0.25, 0.3) is 0 Å². The molecule has 2 aromatic rings. The Labute approximate surface area is 146 Å². The van der Waals surface area contributed by atoms with Crippen molar-refractivity contribution in [3.05, 3.63) is 16.8 Å². The molecule has 23 heavy (non-hydrogen) atoms. The van der Waals surface area contributed by atoms with Crippen molar-refractivity contribution in [2.45, 2.75) is 64.4 Å². The Bertz CT molecular complexity index is 669. The predicted molar refractivity (Wildman–Crippen MR) is 99.4 cm³/mol. The molecule has 0 aromatic carbocycles. The number of nitrogens with zero attached hydrogens (tertiary/aromatic N) is 2. The van der Waals surface area contributed by atoms with Crippen LogP contribution in [-0.4, -0.2) is 27.7 Å². The van der Waals surface area contributed by atoms with E-state index in [0.29, 0.717) is 5.75 Å². The van der Waals surface area contributed by atoms with E-state index in [-0.39, 0.29) is 11.9 Å². The lowest BCUT2D eigenvalue weighted by atomic mass is 10.1. The summed E-state index contributed by atoms with van der Waals surface area (Å²) in [6, 6.07) is 0.241. The first-order chi connectivity index (χ1) is 11.0. The average Bonchev–Trinajstić information content (AvgIpc) is 2.81. The second-order valence-electron chi connectivity index (χ2n) is 5.90. The minimum Gasteiger partial charge on any atom is -0.353 e. The number of fused-ring (bicyclic) bond motifs is 1. The number of carbonyl (C=O) groups is 1. The molecule has 1 atom stereocenters. The fourth-order valence-electron chi connectivity index (χ4n) is 2.48. The first kappa shape index (κ1) is 18.2. The molecular formula is C17H25N3OS2. The number of aryl methyl sites for hydroxylation is 2. The van der Waals surface area contributed by atoms with Crippen molar-refractivity contribution in [2.75, 3.05) is 5.75 Å². The molecule has 4 nitrogen and oxygen atoms in total. The molecule has 0 saturated heterocycles. The third-order valence-electron chi connectivity index (χ3n) is 3.92. The van der Waals surface area contributed by atoms with Gasteiger partial charge in [0.15, 0.2) is 0 Å². The summed E-state index contributed by atoms with van der Waals surface area (Å²) in [5, 5.41) is 5.09. The van der Waals surface area contributed by atoms with E-state index >= 15 is 0 Å². The van der Waals surface area contributed by atoms with Gasteiger partial charge in [0, 0.05) is 16.3 Å². The molecule has 1 N–H and O–H groups in total. The largest absolute Gasteiger partial charge is 0.353 e. The van der Waals surface area contributed by atoms with E-state index in [9.17, 15) is 4.79 Å². The van der Waals surface area contributed by atoms with Gasteiger partial charge in [0.1, 0.15) is 16.2 Å². The highest BCUT2D eigenvalue weighted by Gasteiger charge is 2.14. The number of nitrogens with one attached hydrogen (secondary N) is 1. The molecule has 2 aromatic heterocycles. The van der Waals surface area contributed by atoms with Crippen LogP contribution < -0.4 is 5.32 Å². The molecule has 0 radical (unpaired) electrons. The lowest BCUT2D eigenvalue weighted by Gasteiger charge is -2.13. The Kier molecular flexibility index (Phi) is 6.84. The monoisotopic (exact) mass is 351 g/mol. The second-order valence-corrected chi connectivity index (χ2v) is 8.06. The maximum Gasteiger partial charge on any atom is 0.230 e. The van der Waals surface area contributed by atoms with E-state index in [1.165, 1.54) is 41.5 Å². The van der Waals surface area contributed by atoms with Crippen molar-refractivity contribution >= 4 is 39.2 Å². The van der Waals surface area contributed by atoms with Crippen LogP contribution in [0.5, 0.6) is 0 Å². The molecular weight excluding hydrogens is 326 g/mol. The van der Waals surface area contributed by atoms with Gasteiger partial charge in [-0.05, 0) is 32.8 Å². The fourth-order valence-corrected chi connectivity index (χ4v) is 4.41. The number of aromatic nitrogens is 2. The topological polar surface area (TPSA) is 54.9 Å². The Morgan fingerprint density at radius 1 is 1.35 bits per heavy atom. The van der Waals surface area contributed by atoms with Gasteiger partial charge in [0.2, 0.25) is 5.91 Å². The summed E-state index contributed by atoms with van der Waals surface area (Å²) in [5.74, 6) is 0.480. The van der Waals surface area contributed by atoms with Crippen molar-refractivity contribution in [1.29, 1.82) is 0 Å². The molecule has 0 fully saturated rings. The summed E-state index contributed by atoms with van der Waals surface area (Å²) in [7, 11) is 0. The van der Waals surface area contributed by atoms with E-state index < -0.39 is 0 Å². The van der Waals surface area contributed by atoms with Gasteiger partial charge in [-0.15, -0.1) is 11.3 Å². The SMILES string of the molecule is CCCCCC(C)NC(=O)CSc1ncnc2sc(C)c(C)c12. The number of hydrogen-bond donors (Lipinski definition) is 1. The van der Waals surface area contributed by atoms with Gasteiger partial charge in [-0.2, -0.15) is 0 Å². The average molecular weight is 352 g/mol. The molecule has 0 saturated carbocycles. The lowest BCUT2D eigenvalue weighted by molar-refractivity contribution is -0.119. The maximum atomic E-state index is 12.1. The summed E-state index contributed by atoms with van der Waals surface area (Å²) in [5.41, 5.74) is 1.22. The number of thioether (sulfide) groups is 1. The smallest absolute Gasteiger partial charge is 0.230 e. The van der Waals surface area contributed by atoms with Crippen LogP contribution in [0.1, 0.15) is 50.0 Å². The first-order valence-corrected chi connectivity index (χ1v) is 9.96. The zero-order valence-corrected chi connectivity index (χ0v) is 15.9. The Hall–Kier alpha value is -1.14. The summed E-state index contributed by atoms with van der Waals surface area (Å²) in [4.78, 5) is 23.1. The van der Waals surface area contributed by atoms with Gasteiger partial charge in [-0.25, -0.2) is 9.97 Å². The zero-order valence-electron chi connectivity index (χ0n) is 14.3. The predicted octanol–water partition coefficient (Wildman–Crippen LogP) is 4.49. The van der Waals surface area contributed by atoms with Crippen LogP contribution in [0, 0.1) is 13.8 Å². The van der Waals surface area contributed by atoms with E-state index in [2.05, 4.69) is 43.0 Å². The van der Waals surface area contributed by atoms with E-state index in [1.54, 1.807) is 17.7 Å². The van der Waals surface area contributed by atoms with Gasteiger partial charge >= 0.3 is 0 Å². The van der Waals surface area contributed by atoms with Crippen LogP contribution in [0.25, 0.3) is 10.2 Å². The van der Waals surface area contributed by atoms with Crippen molar-refractivity contribution < 1.29 is 4.79 Å². The van der Waals surface area contributed by atoms with Crippen molar-refractivity contribution in [3.63, 3.8) is 0 Å². The minimum atomic E-state index is 0.0790. The number of hydrogen-bond acceptors (Lipinski definition) is 5. The van der Waals surface area contributed by atoms with Gasteiger partial charge in [0.05, 0.1) is 5.75 Å². The van der Waals surface area contributed by atoms with Crippen molar-refractivity contribution in [3.8, 4) is 0 Å². The van der Waals surface area contributed by atoms with E-state index in [4.69, 9.17) is 0 Å². The molecule has 0 aliphatic rings. The molecule has 0 aliphatic heterocycles. The van der Waals surface area contributed by atoms with E-state index in [1.807, 2.05) is 0 Å². The number of rotatable bonds is 8. The third-order valence-corrected chi connectivity index (χ3v) is 6.02. The van der Waals surface area contributed by atoms with Crippen molar-refractivity contribution in [1.82, 2.24) is 15.3 Å². The third kappa shape index (κ3) is 4.91. The number of amides is 1. The molecule has 0 aliphatic carbocycles. The zero-order chi connectivity index (χ0) is 16.8. The molecule has 126 valence electrons. The number of carbonyl (C=O) groups excluding carboxylic acids is 1. The van der Waals surface area contributed by atoms with Crippen LogP contribution in [0.3, 0.4) is 0 Å². The summed E-state index contributed by atoms with van der Waals surface area (Å²) in [6.07, 6.45) is 6.24. The summed E-state index contributed by atoms with van der Waals surface area (Å²) < 4.78 is 0. The molecule has 1 amide bonds. The lowest BCUT2D eigenvalue weighted by Crippen LogP contribution is -2.33. The molecule has 0 spiro atoms. The molecule has 2 rings (SSSR count). The van der Waals surface area contributed by atoms with Crippen LogP contribution in [0.4, 0.5) is 0 Å². The van der Waals surface area contributed by atoms with Gasteiger partial charge in [-0.3, -0.25) is 4.79 Å². The minimum absolute atomic E-state index is 0.0790. The maximum absolute atomic E-state index is 12.1. The summed E-state index contributed by atoms with van der Waals surface area (Å²) >= 11 is 3.18. The highest BCUT2D eigenvalue weighted by atomic mass is 32.2. The van der Waals surface area contributed by atoms with Crippen LogP contribution in [0.15, 0.2) is 11.4 Å². The normalized spacial score (nSPS) is 12.5. The highest BCUT2D eigenvalue weighted by molar-refractivity contribution is 8.00. The second kappa shape index (κ2) is 8.64. The fraction of sp³-hybridized carbons (Fsp3) is 0.588. The number of unbranched alkanes of at least 4 members (excludes halogenated alkanes) is 2. The molecule has 0 bridgehead atoms. The standard InChI is InChI=1S/C17H25N3OS2/c1-5-6-7-8-11(2)20-14(21)9-22-16-15-12(3)13(4)23-17(15)19-10-18-16/h10-11H,5-9H2,1-4H3,(H,20,21). The first-order valence-electron chi connectivity index (χ1n) is 8.15. The Morgan fingerprint density at radius 2 is 2.13 bits per heavy atom. The highest BCUT2D eigenvalue weighted by Crippen LogP contribution is 2.34. The van der Waals surface area contributed by atoms with Gasteiger partial charge < -0.3 is 5.32 Å². The van der Waals surface area contributed by atoms with Crippen LogP contribution in [0.2, 0.25) is 0 Å². The van der Waals surface area contributed by atoms with E-state index in [0.717, 1.165) is 21.7 Å². The van der Waals surface area contributed by atoms with Crippen LogP contribution >= 0.6 is 23.1 Å². The quantitative estimate of drug-likeness (QED) is 0.433. The number of thiophene rings is 1. The summed E-state index contributed by atoms with van der Waals surface area (Å²) in [6.45, 7) is 8.46. The van der Waals surface area contributed by atoms with Gasteiger partial charge in [-0.1, -0.05) is 37.9 Å². The van der Waals surface area contributed by atoms with Crippen LogP contribution in [-0.2, 0) is 4.79 Å². The Morgan fingerprint density at radius 3 is 2.87 bits per heavy atom. The van der Waals surface area contributed by atoms with Crippen molar-refractivity contribution in [2.24, 2.45) is 0 Å². The molecule has 1 unspecified atom stereocenters. The molecule has 6 heteroatoms.